The van der Waals surface area contributed by atoms with Gasteiger partial charge in [0, 0.05) is 13.6 Å². The second-order valence-corrected chi connectivity index (χ2v) is 4.64. The molecule has 1 N–H and O–H groups in total. The third-order valence-corrected chi connectivity index (χ3v) is 3.05. The van der Waals surface area contributed by atoms with E-state index in [1.807, 2.05) is 25.1 Å². The molecule has 0 fully saturated rings. The summed E-state index contributed by atoms with van der Waals surface area (Å²) in [7, 11) is 1.65. The van der Waals surface area contributed by atoms with Crippen LogP contribution in [0.15, 0.2) is 18.2 Å². The normalized spacial score (nSPS) is 10.3. The van der Waals surface area contributed by atoms with Crippen LogP contribution in [0, 0.1) is 18.3 Å². The fourth-order valence-corrected chi connectivity index (χ4v) is 2.00. The maximum Gasteiger partial charge on any atom is 0.233 e. The number of carbonyl (C=O) groups is 1. The molecule has 4 nitrogen and oxygen atoms in total. The van der Waals surface area contributed by atoms with Crippen LogP contribution < -0.4 is 5.32 Å². The predicted octanol–water partition coefficient (Wildman–Crippen LogP) is 1.82. The Balaban J connectivity index is 2.78. The van der Waals surface area contributed by atoms with Gasteiger partial charge in [0.25, 0.3) is 0 Å². The van der Waals surface area contributed by atoms with Gasteiger partial charge in [-0.25, -0.2) is 0 Å². The molecule has 1 rings (SSSR count). The summed E-state index contributed by atoms with van der Waals surface area (Å²) in [4.78, 5) is 13.6. The van der Waals surface area contributed by atoms with Gasteiger partial charge in [0.1, 0.15) is 0 Å². The van der Waals surface area contributed by atoms with E-state index in [9.17, 15) is 4.79 Å². The lowest BCUT2D eigenvalue weighted by Crippen LogP contribution is -2.35. The van der Waals surface area contributed by atoms with Gasteiger partial charge in [0.15, 0.2) is 0 Å². The molecule has 0 heterocycles. The Morgan fingerprint density at radius 3 is 2.74 bits per heavy atom. The van der Waals surface area contributed by atoms with Crippen LogP contribution in [0.5, 0.6) is 0 Å². The van der Waals surface area contributed by atoms with Crippen molar-refractivity contribution in [3.63, 3.8) is 0 Å². The molecular formula is C15H21N3O. The topological polar surface area (TPSA) is 56.1 Å². The van der Waals surface area contributed by atoms with Gasteiger partial charge in [0.2, 0.25) is 5.91 Å². The van der Waals surface area contributed by atoms with Crippen molar-refractivity contribution < 1.29 is 4.79 Å². The SMILES string of the molecule is CCCN(CC(=O)NC)Cc1ccc(C#N)cc1C. The number of aryl methyl sites for hydroxylation is 1. The standard InChI is InChI=1S/C15H21N3O/c1-4-7-18(11-15(19)17-3)10-14-6-5-13(9-16)8-12(14)2/h5-6,8H,4,7,10-11H2,1-3H3,(H,17,19). The first kappa shape index (κ1) is 15.2. The highest BCUT2D eigenvalue weighted by atomic mass is 16.1. The minimum atomic E-state index is 0.0275. The predicted molar refractivity (Wildman–Crippen MR) is 75.5 cm³/mol. The van der Waals surface area contributed by atoms with E-state index in [-0.39, 0.29) is 5.91 Å². The van der Waals surface area contributed by atoms with Gasteiger partial charge in [-0.2, -0.15) is 5.26 Å². The van der Waals surface area contributed by atoms with E-state index < -0.39 is 0 Å². The quantitative estimate of drug-likeness (QED) is 0.848. The Morgan fingerprint density at radius 1 is 1.47 bits per heavy atom. The average Bonchev–Trinajstić information content (AvgIpc) is 2.41. The van der Waals surface area contributed by atoms with Crippen LogP contribution >= 0.6 is 0 Å². The maximum absolute atomic E-state index is 11.5. The van der Waals surface area contributed by atoms with Crippen molar-refractivity contribution in [2.75, 3.05) is 20.1 Å². The molecule has 1 amide bonds. The van der Waals surface area contributed by atoms with Gasteiger partial charge in [-0.3, -0.25) is 9.69 Å². The Bertz CT molecular complexity index is 477. The number of amides is 1. The molecule has 0 aromatic heterocycles. The molecule has 4 heteroatoms. The lowest BCUT2D eigenvalue weighted by atomic mass is 10.1. The number of carbonyl (C=O) groups excluding carboxylic acids is 1. The van der Waals surface area contributed by atoms with Crippen LogP contribution in [0.3, 0.4) is 0 Å². The van der Waals surface area contributed by atoms with Crippen molar-refractivity contribution in [1.29, 1.82) is 5.26 Å². The van der Waals surface area contributed by atoms with E-state index in [2.05, 4.69) is 23.2 Å². The van der Waals surface area contributed by atoms with Gasteiger partial charge in [-0.15, -0.1) is 0 Å². The number of hydrogen-bond donors (Lipinski definition) is 1. The molecule has 0 unspecified atom stereocenters. The van der Waals surface area contributed by atoms with Crippen LogP contribution in [-0.4, -0.2) is 30.9 Å². The number of likely N-dealkylation sites (N-methyl/N-ethyl adjacent to an activating group) is 1. The first-order valence-corrected chi connectivity index (χ1v) is 6.53. The Hall–Kier alpha value is -1.86. The van der Waals surface area contributed by atoms with Crippen molar-refractivity contribution in [2.24, 2.45) is 0 Å². The smallest absolute Gasteiger partial charge is 0.233 e. The van der Waals surface area contributed by atoms with Crippen molar-refractivity contribution in [1.82, 2.24) is 10.2 Å². The van der Waals surface area contributed by atoms with Crippen LogP contribution in [0.4, 0.5) is 0 Å². The lowest BCUT2D eigenvalue weighted by Gasteiger charge is -2.21. The summed E-state index contributed by atoms with van der Waals surface area (Å²) in [6.45, 7) is 6.12. The Morgan fingerprint density at radius 2 is 2.21 bits per heavy atom. The summed E-state index contributed by atoms with van der Waals surface area (Å²) in [5, 5.41) is 11.5. The molecule has 0 atom stereocenters. The minimum absolute atomic E-state index is 0.0275. The van der Waals surface area contributed by atoms with Gasteiger partial charge in [-0.05, 0) is 43.1 Å². The van der Waals surface area contributed by atoms with Crippen molar-refractivity contribution >= 4 is 5.91 Å². The number of nitriles is 1. The number of nitrogens with zero attached hydrogens (tertiary/aromatic N) is 2. The zero-order chi connectivity index (χ0) is 14.3. The Labute approximate surface area is 115 Å². The number of benzene rings is 1. The van der Waals surface area contributed by atoms with Gasteiger partial charge in [0.05, 0.1) is 18.2 Å². The highest BCUT2D eigenvalue weighted by Crippen LogP contribution is 2.13. The minimum Gasteiger partial charge on any atom is -0.358 e. The Kier molecular flexibility index (Phi) is 6.04. The van der Waals surface area contributed by atoms with Gasteiger partial charge >= 0.3 is 0 Å². The molecule has 19 heavy (non-hydrogen) atoms. The molecule has 0 spiro atoms. The first-order chi connectivity index (χ1) is 9.10. The summed E-state index contributed by atoms with van der Waals surface area (Å²) in [6, 6.07) is 7.82. The molecule has 0 radical (unpaired) electrons. The lowest BCUT2D eigenvalue weighted by molar-refractivity contribution is -0.121. The van der Waals surface area contributed by atoms with Crippen LogP contribution in [0.25, 0.3) is 0 Å². The molecule has 1 aromatic rings. The molecule has 0 aliphatic heterocycles. The van der Waals surface area contributed by atoms with Crippen LogP contribution in [0.1, 0.15) is 30.0 Å². The summed E-state index contributed by atoms with van der Waals surface area (Å²) in [6.07, 6.45) is 1.01. The second kappa shape index (κ2) is 7.55. The number of rotatable bonds is 6. The third kappa shape index (κ3) is 4.72. The molecule has 1 aromatic carbocycles. The zero-order valence-electron chi connectivity index (χ0n) is 11.9. The third-order valence-electron chi connectivity index (χ3n) is 3.05. The first-order valence-electron chi connectivity index (χ1n) is 6.53. The van der Waals surface area contributed by atoms with E-state index in [0.29, 0.717) is 12.1 Å². The van der Waals surface area contributed by atoms with Crippen LogP contribution in [-0.2, 0) is 11.3 Å². The summed E-state index contributed by atoms with van der Waals surface area (Å²) < 4.78 is 0. The molecule has 0 saturated heterocycles. The number of hydrogen-bond acceptors (Lipinski definition) is 3. The molecule has 0 saturated carbocycles. The van der Waals surface area contributed by atoms with E-state index in [0.717, 1.165) is 30.6 Å². The van der Waals surface area contributed by atoms with Gasteiger partial charge < -0.3 is 5.32 Å². The summed E-state index contributed by atoms with van der Waals surface area (Å²) >= 11 is 0. The molecule has 0 bridgehead atoms. The molecule has 102 valence electrons. The van der Waals surface area contributed by atoms with E-state index >= 15 is 0 Å². The van der Waals surface area contributed by atoms with Crippen LogP contribution in [0.2, 0.25) is 0 Å². The fraction of sp³-hybridized carbons (Fsp3) is 0.467. The number of nitrogens with one attached hydrogen (secondary N) is 1. The van der Waals surface area contributed by atoms with E-state index in [1.165, 1.54) is 0 Å². The molecular weight excluding hydrogens is 238 g/mol. The summed E-state index contributed by atoms with van der Waals surface area (Å²) in [5.41, 5.74) is 2.93. The van der Waals surface area contributed by atoms with E-state index in [4.69, 9.17) is 5.26 Å². The highest BCUT2D eigenvalue weighted by molar-refractivity contribution is 5.77. The highest BCUT2D eigenvalue weighted by Gasteiger charge is 2.11. The molecule has 0 aliphatic carbocycles. The van der Waals surface area contributed by atoms with Gasteiger partial charge in [-0.1, -0.05) is 13.0 Å². The van der Waals surface area contributed by atoms with Crippen molar-refractivity contribution in [3.8, 4) is 6.07 Å². The fourth-order valence-electron chi connectivity index (χ4n) is 2.00. The molecule has 0 aliphatic rings. The zero-order valence-corrected chi connectivity index (χ0v) is 11.9. The van der Waals surface area contributed by atoms with E-state index in [1.54, 1.807) is 7.05 Å². The maximum atomic E-state index is 11.5. The summed E-state index contributed by atoms with van der Waals surface area (Å²) in [5.74, 6) is 0.0275. The second-order valence-electron chi connectivity index (χ2n) is 4.64. The monoisotopic (exact) mass is 259 g/mol. The van der Waals surface area contributed by atoms with Crippen molar-refractivity contribution in [2.45, 2.75) is 26.8 Å². The average molecular weight is 259 g/mol. The largest absolute Gasteiger partial charge is 0.358 e. The van der Waals surface area contributed by atoms with Crippen molar-refractivity contribution in [3.05, 3.63) is 34.9 Å².